The molecular weight excluding hydrogens is 458 g/mol. The van der Waals surface area contributed by atoms with Crippen molar-refractivity contribution >= 4 is 43.8 Å². The minimum atomic E-state index is -1.30. The number of rotatable bonds is 5. The van der Waals surface area contributed by atoms with E-state index < -0.39 is 6.16 Å². The molecule has 158 valence electrons. The molecule has 0 unspecified atom stereocenters. The Morgan fingerprint density at radius 1 is 1.06 bits per heavy atom. The normalized spacial score (nSPS) is 11.1. The quantitative estimate of drug-likeness (QED) is 0.303. The number of fused-ring (bicyclic) bond motifs is 2. The van der Waals surface area contributed by atoms with E-state index in [1.165, 1.54) is 0 Å². The molecule has 0 atom stereocenters. The molecule has 0 saturated heterocycles. The summed E-state index contributed by atoms with van der Waals surface area (Å²) in [6.45, 7) is 5.93. The third-order valence-corrected chi connectivity index (χ3v) is 6.30. The molecule has 1 N–H and O–H groups in total. The summed E-state index contributed by atoms with van der Waals surface area (Å²) >= 11 is 3.68. The van der Waals surface area contributed by atoms with Crippen LogP contribution >= 0.6 is 15.9 Å². The number of nitrogens with zero attached hydrogens (tertiary/aromatic N) is 1. The van der Waals surface area contributed by atoms with Crippen LogP contribution < -0.4 is 4.74 Å². The van der Waals surface area contributed by atoms with Crippen LogP contribution in [0.15, 0.2) is 53.0 Å². The van der Waals surface area contributed by atoms with Crippen LogP contribution in [0.3, 0.4) is 0 Å². The molecule has 0 radical (unpaired) electrons. The summed E-state index contributed by atoms with van der Waals surface area (Å²) < 4.78 is 12.1. The van der Waals surface area contributed by atoms with Gasteiger partial charge in [0.25, 0.3) is 0 Å². The van der Waals surface area contributed by atoms with Gasteiger partial charge < -0.3 is 14.6 Å². The van der Waals surface area contributed by atoms with Gasteiger partial charge in [0.05, 0.1) is 9.99 Å². The highest BCUT2D eigenvalue weighted by atomic mass is 79.9. The van der Waals surface area contributed by atoms with Gasteiger partial charge in [-0.2, -0.15) is 0 Å². The van der Waals surface area contributed by atoms with Crippen molar-refractivity contribution in [2.45, 2.75) is 33.8 Å². The van der Waals surface area contributed by atoms with Gasteiger partial charge in [0.15, 0.2) is 0 Å². The molecule has 3 aromatic carbocycles. The summed E-state index contributed by atoms with van der Waals surface area (Å²) in [6, 6.07) is 16.0. The first kappa shape index (κ1) is 21.1. The summed E-state index contributed by atoms with van der Waals surface area (Å²) in [5, 5.41) is 12.0. The van der Waals surface area contributed by atoms with Crippen molar-refractivity contribution in [3.05, 3.63) is 75.4 Å². The second-order valence-corrected chi connectivity index (χ2v) is 8.20. The standard InChI is InChI=1S/C25H22BrNO4/c1-4-20-15(3)19(13-30-25(28)29)18-12-23(14(2)11-21(18)27-20)31-22-10-9-16-7-5-6-8-17(16)24(22)26/h5-12H,4,13H2,1-3H3,(H,28,29). The minimum absolute atomic E-state index is 0.0324. The maximum absolute atomic E-state index is 11.0. The lowest BCUT2D eigenvalue weighted by molar-refractivity contribution is 0.0855. The number of aromatic nitrogens is 1. The number of benzene rings is 3. The van der Waals surface area contributed by atoms with Gasteiger partial charge in [0.2, 0.25) is 0 Å². The van der Waals surface area contributed by atoms with E-state index in [0.29, 0.717) is 11.5 Å². The number of halogens is 1. The smallest absolute Gasteiger partial charge is 0.456 e. The highest BCUT2D eigenvalue weighted by molar-refractivity contribution is 9.10. The molecule has 0 spiro atoms. The fraction of sp³-hybridized carbons (Fsp3) is 0.200. The van der Waals surface area contributed by atoms with Crippen LogP contribution in [-0.4, -0.2) is 16.2 Å². The van der Waals surface area contributed by atoms with Crippen LogP contribution in [0.25, 0.3) is 21.7 Å². The summed E-state index contributed by atoms with van der Waals surface area (Å²) in [6.07, 6.45) is -0.547. The molecule has 4 rings (SSSR count). The van der Waals surface area contributed by atoms with Crippen molar-refractivity contribution in [2.24, 2.45) is 0 Å². The van der Waals surface area contributed by atoms with Crippen molar-refractivity contribution < 1.29 is 19.4 Å². The first-order valence-corrected chi connectivity index (χ1v) is 10.8. The Bertz CT molecular complexity index is 1320. The molecule has 31 heavy (non-hydrogen) atoms. The van der Waals surface area contributed by atoms with Crippen LogP contribution in [-0.2, 0) is 17.8 Å². The van der Waals surface area contributed by atoms with Gasteiger partial charge in [0.1, 0.15) is 18.1 Å². The molecule has 0 aliphatic heterocycles. The Morgan fingerprint density at radius 2 is 1.84 bits per heavy atom. The van der Waals surface area contributed by atoms with Crippen LogP contribution in [0.2, 0.25) is 0 Å². The van der Waals surface area contributed by atoms with E-state index in [1.807, 2.05) is 63.2 Å². The van der Waals surface area contributed by atoms with Crippen molar-refractivity contribution in [2.75, 3.05) is 0 Å². The average molecular weight is 480 g/mol. The topological polar surface area (TPSA) is 68.7 Å². The van der Waals surface area contributed by atoms with E-state index in [-0.39, 0.29) is 6.61 Å². The van der Waals surface area contributed by atoms with Crippen LogP contribution in [0.5, 0.6) is 11.5 Å². The third-order valence-electron chi connectivity index (χ3n) is 5.48. The monoisotopic (exact) mass is 479 g/mol. The van der Waals surface area contributed by atoms with Gasteiger partial charge in [0, 0.05) is 16.6 Å². The zero-order valence-electron chi connectivity index (χ0n) is 17.5. The van der Waals surface area contributed by atoms with E-state index in [2.05, 4.69) is 22.0 Å². The van der Waals surface area contributed by atoms with Crippen molar-refractivity contribution in [1.29, 1.82) is 0 Å². The Kier molecular flexibility index (Phi) is 5.83. The minimum Gasteiger partial charge on any atom is -0.456 e. The molecular formula is C25H22BrNO4. The van der Waals surface area contributed by atoms with Gasteiger partial charge in [-0.3, -0.25) is 4.98 Å². The molecule has 0 aliphatic carbocycles. The second-order valence-electron chi connectivity index (χ2n) is 7.41. The Morgan fingerprint density at radius 3 is 2.58 bits per heavy atom. The molecule has 4 aromatic rings. The van der Waals surface area contributed by atoms with E-state index in [9.17, 15) is 4.79 Å². The fourth-order valence-electron chi connectivity index (χ4n) is 3.80. The number of pyridine rings is 1. The molecule has 1 heterocycles. The van der Waals surface area contributed by atoms with Crippen LogP contribution in [0.4, 0.5) is 4.79 Å². The van der Waals surface area contributed by atoms with E-state index in [1.54, 1.807) is 0 Å². The van der Waals surface area contributed by atoms with Gasteiger partial charge in [-0.25, -0.2) is 4.79 Å². The molecule has 0 aliphatic rings. The van der Waals surface area contributed by atoms with E-state index in [4.69, 9.17) is 19.6 Å². The lowest BCUT2D eigenvalue weighted by Gasteiger charge is -2.17. The number of carboxylic acid groups (broad SMARTS) is 1. The Hall–Kier alpha value is -3.12. The lowest BCUT2D eigenvalue weighted by Crippen LogP contribution is -2.06. The first-order valence-electron chi connectivity index (χ1n) is 10.0. The predicted molar refractivity (Wildman–Crippen MR) is 125 cm³/mol. The predicted octanol–water partition coefficient (Wildman–Crippen LogP) is 7.32. The summed E-state index contributed by atoms with van der Waals surface area (Å²) in [5.41, 5.74) is 4.43. The van der Waals surface area contributed by atoms with E-state index in [0.717, 1.165) is 55.0 Å². The summed E-state index contributed by atoms with van der Waals surface area (Å²) in [7, 11) is 0. The molecule has 6 heteroatoms. The summed E-state index contributed by atoms with van der Waals surface area (Å²) in [4.78, 5) is 15.8. The highest BCUT2D eigenvalue weighted by Gasteiger charge is 2.16. The SMILES string of the molecule is CCc1nc2cc(C)c(Oc3ccc4ccccc4c3Br)cc2c(COC(=O)O)c1C. The fourth-order valence-corrected chi connectivity index (χ4v) is 4.37. The van der Waals surface area contributed by atoms with Crippen LogP contribution in [0.1, 0.15) is 29.3 Å². The zero-order valence-corrected chi connectivity index (χ0v) is 19.1. The van der Waals surface area contributed by atoms with Gasteiger partial charge in [-0.05, 0) is 76.3 Å². The maximum atomic E-state index is 11.0. The van der Waals surface area contributed by atoms with Gasteiger partial charge in [-0.15, -0.1) is 0 Å². The Labute approximate surface area is 188 Å². The number of ether oxygens (including phenoxy) is 2. The van der Waals surface area contributed by atoms with E-state index >= 15 is 0 Å². The summed E-state index contributed by atoms with van der Waals surface area (Å²) in [5.74, 6) is 1.39. The maximum Gasteiger partial charge on any atom is 0.506 e. The van der Waals surface area contributed by atoms with Gasteiger partial charge in [-0.1, -0.05) is 37.3 Å². The number of hydrogen-bond donors (Lipinski definition) is 1. The van der Waals surface area contributed by atoms with Gasteiger partial charge >= 0.3 is 6.16 Å². The molecule has 1 aromatic heterocycles. The van der Waals surface area contributed by atoms with Crippen molar-refractivity contribution in [1.82, 2.24) is 4.98 Å². The number of carbonyl (C=O) groups is 1. The van der Waals surface area contributed by atoms with Crippen molar-refractivity contribution in [3.8, 4) is 11.5 Å². The van der Waals surface area contributed by atoms with Crippen molar-refractivity contribution in [3.63, 3.8) is 0 Å². The first-order chi connectivity index (χ1) is 14.9. The Balaban J connectivity index is 1.83. The van der Waals surface area contributed by atoms with Crippen LogP contribution in [0, 0.1) is 13.8 Å². The zero-order chi connectivity index (χ0) is 22.1. The molecule has 0 amide bonds. The molecule has 5 nitrogen and oxygen atoms in total. The number of hydrogen-bond acceptors (Lipinski definition) is 4. The molecule has 0 bridgehead atoms. The average Bonchev–Trinajstić information content (AvgIpc) is 2.75. The second kappa shape index (κ2) is 8.55. The molecule has 0 saturated carbocycles. The lowest BCUT2D eigenvalue weighted by atomic mass is 9.99. The largest absolute Gasteiger partial charge is 0.506 e. The molecule has 0 fully saturated rings. The highest BCUT2D eigenvalue weighted by Crippen LogP contribution is 2.38. The number of aryl methyl sites for hydroxylation is 2. The third kappa shape index (κ3) is 4.08.